The van der Waals surface area contributed by atoms with E-state index in [0.29, 0.717) is 30.4 Å². The van der Waals surface area contributed by atoms with Crippen LogP contribution in [0.5, 0.6) is 0 Å². The Morgan fingerprint density at radius 1 is 1.50 bits per heavy atom. The van der Waals surface area contributed by atoms with Crippen LogP contribution in [0.1, 0.15) is 44.3 Å². The summed E-state index contributed by atoms with van der Waals surface area (Å²) in [6, 6.07) is 0. The van der Waals surface area contributed by atoms with E-state index in [4.69, 9.17) is 15.0 Å². The number of rotatable bonds is 5. The summed E-state index contributed by atoms with van der Waals surface area (Å²) in [5.41, 5.74) is 5.54. The first-order chi connectivity index (χ1) is 7.69. The predicted molar refractivity (Wildman–Crippen MR) is 58.7 cm³/mol. The fourth-order valence-electron chi connectivity index (χ4n) is 1.75. The van der Waals surface area contributed by atoms with Crippen LogP contribution in [0.4, 0.5) is 0 Å². The van der Waals surface area contributed by atoms with Crippen molar-refractivity contribution in [2.75, 3.05) is 6.54 Å². The number of hydrogen-bond donors (Lipinski definition) is 1. The summed E-state index contributed by atoms with van der Waals surface area (Å²) < 4.78 is 10.7. The molecule has 1 aromatic rings. The van der Waals surface area contributed by atoms with Crippen LogP contribution in [0.25, 0.3) is 0 Å². The Labute approximate surface area is 95.3 Å². The minimum absolute atomic E-state index is 0.294. The van der Waals surface area contributed by atoms with Crippen molar-refractivity contribution in [1.29, 1.82) is 0 Å². The lowest BCUT2D eigenvalue weighted by Gasteiger charge is -2.33. The summed E-state index contributed by atoms with van der Waals surface area (Å²) in [7, 11) is 0. The fraction of sp³-hybridized carbons (Fsp3) is 0.818. The molecular weight excluding hydrogens is 206 g/mol. The summed E-state index contributed by atoms with van der Waals surface area (Å²) in [5.74, 6) is 2.24. The van der Waals surface area contributed by atoms with Crippen molar-refractivity contribution >= 4 is 0 Å². The molecule has 0 aromatic carbocycles. The van der Waals surface area contributed by atoms with Gasteiger partial charge in [0, 0.05) is 5.92 Å². The fourth-order valence-corrected chi connectivity index (χ4v) is 1.75. The van der Waals surface area contributed by atoms with Gasteiger partial charge in [-0.15, -0.1) is 0 Å². The highest BCUT2D eigenvalue weighted by molar-refractivity contribution is 4.91. The smallest absolute Gasteiger partial charge is 0.252 e. The lowest BCUT2D eigenvalue weighted by atomic mass is 9.82. The molecule has 90 valence electrons. The molecule has 0 amide bonds. The molecule has 1 aliphatic rings. The van der Waals surface area contributed by atoms with E-state index >= 15 is 0 Å². The van der Waals surface area contributed by atoms with Crippen molar-refractivity contribution in [2.24, 2.45) is 11.7 Å². The van der Waals surface area contributed by atoms with E-state index in [1.165, 1.54) is 0 Å². The average Bonchev–Trinajstić information content (AvgIpc) is 2.64. The SMILES string of the molecule is CC(C)c1noc(COC2CC(CN)C2)n1. The number of nitrogens with zero attached hydrogens (tertiary/aromatic N) is 2. The van der Waals surface area contributed by atoms with E-state index in [2.05, 4.69) is 10.1 Å². The zero-order valence-corrected chi connectivity index (χ0v) is 9.85. The van der Waals surface area contributed by atoms with E-state index in [0.717, 1.165) is 25.2 Å². The molecular formula is C11H19N3O2. The maximum atomic E-state index is 5.64. The molecule has 1 aliphatic carbocycles. The van der Waals surface area contributed by atoms with Gasteiger partial charge in [-0.05, 0) is 25.3 Å². The minimum atomic E-state index is 0.294. The minimum Gasteiger partial charge on any atom is -0.368 e. The van der Waals surface area contributed by atoms with Crippen LogP contribution >= 0.6 is 0 Å². The van der Waals surface area contributed by atoms with Crippen molar-refractivity contribution in [3.05, 3.63) is 11.7 Å². The maximum Gasteiger partial charge on any atom is 0.252 e. The highest BCUT2D eigenvalue weighted by Gasteiger charge is 2.28. The Morgan fingerprint density at radius 3 is 2.81 bits per heavy atom. The molecule has 0 bridgehead atoms. The van der Waals surface area contributed by atoms with Crippen molar-refractivity contribution in [3.8, 4) is 0 Å². The van der Waals surface area contributed by atoms with Crippen LogP contribution in [0.2, 0.25) is 0 Å². The molecule has 5 heteroatoms. The molecule has 0 unspecified atom stereocenters. The molecule has 0 aliphatic heterocycles. The average molecular weight is 225 g/mol. The molecule has 2 N–H and O–H groups in total. The maximum absolute atomic E-state index is 5.64. The second kappa shape index (κ2) is 4.93. The Kier molecular flexibility index (Phi) is 3.56. The molecule has 1 aromatic heterocycles. The molecule has 1 saturated carbocycles. The van der Waals surface area contributed by atoms with Crippen LogP contribution in [0, 0.1) is 5.92 Å². The van der Waals surface area contributed by atoms with Gasteiger partial charge in [0.2, 0.25) is 0 Å². The molecule has 1 fully saturated rings. The Morgan fingerprint density at radius 2 is 2.25 bits per heavy atom. The number of aromatic nitrogens is 2. The van der Waals surface area contributed by atoms with Gasteiger partial charge < -0.3 is 15.0 Å². The lowest BCUT2D eigenvalue weighted by molar-refractivity contribution is -0.0459. The quantitative estimate of drug-likeness (QED) is 0.820. The summed E-state index contributed by atoms with van der Waals surface area (Å²) >= 11 is 0. The van der Waals surface area contributed by atoms with Crippen molar-refractivity contribution in [3.63, 3.8) is 0 Å². The Hall–Kier alpha value is -0.940. The van der Waals surface area contributed by atoms with Crippen molar-refractivity contribution < 1.29 is 9.26 Å². The highest BCUT2D eigenvalue weighted by Crippen LogP contribution is 2.29. The van der Waals surface area contributed by atoms with Gasteiger partial charge in [0.05, 0.1) is 6.10 Å². The normalized spacial score (nSPS) is 24.8. The van der Waals surface area contributed by atoms with E-state index < -0.39 is 0 Å². The third-order valence-electron chi connectivity index (χ3n) is 2.97. The van der Waals surface area contributed by atoms with Gasteiger partial charge in [-0.1, -0.05) is 19.0 Å². The zero-order valence-electron chi connectivity index (χ0n) is 9.85. The van der Waals surface area contributed by atoms with Gasteiger partial charge in [-0.3, -0.25) is 0 Å². The lowest BCUT2D eigenvalue weighted by Crippen LogP contribution is -2.35. The third kappa shape index (κ3) is 2.59. The molecule has 0 spiro atoms. The second-order valence-corrected chi connectivity index (χ2v) is 4.71. The Balaban J connectivity index is 1.73. The van der Waals surface area contributed by atoms with Gasteiger partial charge in [-0.2, -0.15) is 4.98 Å². The number of ether oxygens (including phenoxy) is 1. The predicted octanol–water partition coefficient (Wildman–Crippen LogP) is 1.45. The monoisotopic (exact) mass is 225 g/mol. The topological polar surface area (TPSA) is 74.2 Å². The molecule has 0 atom stereocenters. The third-order valence-corrected chi connectivity index (χ3v) is 2.97. The van der Waals surface area contributed by atoms with Gasteiger partial charge in [0.15, 0.2) is 5.82 Å². The standard InChI is InChI=1S/C11H19N3O2/c1-7(2)11-13-10(16-14-11)6-15-9-3-8(4-9)5-12/h7-9H,3-6,12H2,1-2H3. The molecule has 5 nitrogen and oxygen atoms in total. The second-order valence-electron chi connectivity index (χ2n) is 4.71. The van der Waals surface area contributed by atoms with E-state index in [1.807, 2.05) is 13.8 Å². The first-order valence-corrected chi connectivity index (χ1v) is 5.83. The summed E-state index contributed by atoms with van der Waals surface area (Å²) in [6.45, 7) is 5.25. The van der Waals surface area contributed by atoms with Crippen molar-refractivity contribution in [1.82, 2.24) is 10.1 Å². The number of hydrogen-bond acceptors (Lipinski definition) is 5. The molecule has 1 heterocycles. The van der Waals surface area contributed by atoms with E-state index in [-0.39, 0.29) is 0 Å². The van der Waals surface area contributed by atoms with Gasteiger partial charge >= 0.3 is 0 Å². The highest BCUT2D eigenvalue weighted by atomic mass is 16.5. The molecule has 0 saturated heterocycles. The molecule has 0 radical (unpaired) electrons. The zero-order chi connectivity index (χ0) is 11.5. The first kappa shape index (κ1) is 11.5. The summed E-state index contributed by atoms with van der Waals surface area (Å²) in [5, 5.41) is 3.88. The van der Waals surface area contributed by atoms with E-state index in [9.17, 15) is 0 Å². The summed E-state index contributed by atoms with van der Waals surface area (Å²) in [6.07, 6.45) is 2.44. The molecule has 16 heavy (non-hydrogen) atoms. The Bertz CT molecular complexity index is 332. The number of nitrogens with two attached hydrogens (primary N) is 1. The van der Waals surface area contributed by atoms with Crippen molar-refractivity contribution in [2.45, 2.75) is 45.3 Å². The summed E-state index contributed by atoms with van der Waals surface area (Å²) in [4.78, 5) is 4.25. The van der Waals surface area contributed by atoms with Crippen LogP contribution < -0.4 is 5.73 Å². The van der Waals surface area contributed by atoms with E-state index in [1.54, 1.807) is 0 Å². The van der Waals surface area contributed by atoms with Crippen LogP contribution in [-0.2, 0) is 11.3 Å². The van der Waals surface area contributed by atoms with Crippen LogP contribution in [0.3, 0.4) is 0 Å². The largest absolute Gasteiger partial charge is 0.368 e. The molecule has 2 rings (SSSR count). The first-order valence-electron chi connectivity index (χ1n) is 5.83. The van der Waals surface area contributed by atoms with Gasteiger partial charge in [-0.25, -0.2) is 0 Å². The van der Waals surface area contributed by atoms with Crippen LogP contribution in [-0.4, -0.2) is 22.8 Å². The van der Waals surface area contributed by atoms with Gasteiger partial charge in [0.1, 0.15) is 6.61 Å². The van der Waals surface area contributed by atoms with Crippen LogP contribution in [0.15, 0.2) is 4.52 Å². The van der Waals surface area contributed by atoms with Gasteiger partial charge in [0.25, 0.3) is 5.89 Å².